The molecule has 0 fully saturated rings. The van der Waals surface area contributed by atoms with Crippen LogP contribution in [0.15, 0.2) is 12.2 Å². The number of esters is 3. The van der Waals surface area contributed by atoms with Crippen molar-refractivity contribution in [3.8, 4) is 0 Å². The topological polar surface area (TPSA) is 78.9 Å². The standard InChI is InChI=1S/C57H108O6/c1-4-7-10-13-15-16-17-18-19-20-21-22-23-24-25-26-27-28-29-30-31-32-33-34-35-36-37-38-39-40-42-44-47-50-56(59)62-53-54(52-61-55(58)49-46-43-12-9-6-3)63-57(60)51-48-45-41-14-11-8-5-2/h20-21,54H,4-19,22-53H2,1-3H3/b21-20-. The lowest BCUT2D eigenvalue weighted by atomic mass is 10.0. The summed E-state index contributed by atoms with van der Waals surface area (Å²) in [5.74, 6) is -0.874. The van der Waals surface area contributed by atoms with Crippen LogP contribution in [-0.4, -0.2) is 37.2 Å². The monoisotopic (exact) mass is 889 g/mol. The number of hydrogen-bond donors (Lipinski definition) is 0. The molecule has 6 heteroatoms. The summed E-state index contributed by atoms with van der Waals surface area (Å²) in [5.41, 5.74) is 0. The molecule has 0 heterocycles. The number of hydrogen-bond acceptors (Lipinski definition) is 6. The van der Waals surface area contributed by atoms with E-state index in [1.165, 1.54) is 212 Å². The van der Waals surface area contributed by atoms with Crippen molar-refractivity contribution in [2.75, 3.05) is 13.2 Å². The van der Waals surface area contributed by atoms with Crippen LogP contribution in [0.5, 0.6) is 0 Å². The number of ether oxygens (including phenoxy) is 3. The van der Waals surface area contributed by atoms with Crippen LogP contribution in [0.25, 0.3) is 0 Å². The lowest BCUT2D eigenvalue weighted by Crippen LogP contribution is -2.30. The first-order chi connectivity index (χ1) is 31.0. The lowest BCUT2D eigenvalue weighted by Gasteiger charge is -2.18. The fourth-order valence-electron chi connectivity index (χ4n) is 8.50. The maximum Gasteiger partial charge on any atom is 0.306 e. The average molecular weight is 889 g/mol. The molecule has 0 aromatic heterocycles. The van der Waals surface area contributed by atoms with Gasteiger partial charge in [0, 0.05) is 19.3 Å². The van der Waals surface area contributed by atoms with Crippen LogP contribution in [0.1, 0.15) is 316 Å². The molecule has 0 spiro atoms. The molecule has 63 heavy (non-hydrogen) atoms. The van der Waals surface area contributed by atoms with E-state index in [0.717, 1.165) is 64.2 Å². The first kappa shape index (κ1) is 61.1. The Balaban J connectivity index is 3.72. The zero-order valence-corrected chi connectivity index (χ0v) is 42.6. The minimum atomic E-state index is -0.758. The van der Waals surface area contributed by atoms with Gasteiger partial charge in [-0.1, -0.05) is 264 Å². The van der Waals surface area contributed by atoms with Crippen molar-refractivity contribution in [3.63, 3.8) is 0 Å². The van der Waals surface area contributed by atoms with Gasteiger partial charge in [-0.25, -0.2) is 0 Å². The van der Waals surface area contributed by atoms with Gasteiger partial charge >= 0.3 is 17.9 Å². The normalized spacial score (nSPS) is 12.0. The van der Waals surface area contributed by atoms with Gasteiger partial charge in [0.2, 0.25) is 0 Å². The van der Waals surface area contributed by atoms with Gasteiger partial charge in [0.1, 0.15) is 13.2 Å². The van der Waals surface area contributed by atoms with Gasteiger partial charge in [-0.3, -0.25) is 14.4 Å². The molecule has 0 bridgehead atoms. The Bertz CT molecular complexity index is 978. The Morgan fingerprint density at radius 2 is 0.524 bits per heavy atom. The van der Waals surface area contributed by atoms with Crippen LogP contribution in [0.3, 0.4) is 0 Å². The summed E-state index contributed by atoms with van der Waals surface area (Å²) in [6.45, 7) is 6.54. The van der Waals surface area contributed by atoms with Gasteiger partial charge in [0.25, 0.3) is 0 Å². The third-order valence-electron chi connectivity index (χ3n) is 12.8. The molecule has 1 atom stereocenters. The number of rotatable bonds is 52. The van der Waals surface area contributed by atoms with Crippen molar-refractivity contribution >= 4 is 17.9 Å². The van der Waals surface area contributed by atoms with Gasteiger partial charge in [0.05, 0.1) is 0 Å². The quantitative estimate of drug-likeness (QED) is 0.0262. The molecule has 1 unspecified atom stereocenters. The van der Waals surface area contributed by atoms with Crippen molar-refractivity contribution in [1.82, 2.24) is 0 Å². The van der Waals surface area contributed by atoms with Crippen LogP contribution in [0, 0.1) is 0 Å². The maximum absolute atomic E-state index is 12.6. The minimum Gasteiger partial charge on any atom is -0.462 e. The van der Waals surface area contributed by atoms with E-state index < -0.39 is 6.10 Å². The van der Waals surface area contributed by atoms with Crippen molar-refractivity contribution in [1.29, 1.82) is 0 Å². The van der Waals surface area contributed by atoms with Gasteiger partial charge in [-0.05, 0) is 44.9 Å². The van der Waals surface area contributed by atoms with E-state index in [-0.39, 0.29) is 31.1 Å². The van der Waals surface area contributed by atoms with Gasteiger partial charge in [-0.15, -0.1) is 0 Å². The summed E-state index contributed by atoms with van der Waals surface area (Å²) in [6.07, 6.45) is 60.2. The molecule has 0 saturated heterocycles. The number of allylic oxidation sites excluding steroid dienone is 2. The van der Waals surface area contributed by atoms with Gasteiger partial charge in [-0.2, -0.15) is 0 Å². The second-order valence-corrected chi connectivity index (χ2v) is 19.2. The van der Waals surface area contributed by atoms with E-state index in [1.54, 1.807) is 0 Å². The Hall–Kier alpha value is -1.85. The summed E-state index contributed by atoms with van der Waals surface area (Å²) in [6, 6.07) is 0. The molecule has 372 valence electrons. The van der Waals surface area contributed by atoms with Gasteiger partial charge < -0.3 is 14.2 Å². The zero-order chi connectivity index (χ0) is 45.8. The van der Waals surface area contributed by atoms with Crippen molar-refractivity contribution < 1.29 is 28.6 Å². The molecule has 0 aliphatic rings. The van der Waals surface area contributed by atoms with Crippen LogP contribution in [0.2, 0.25) is 0 Å². The fraction of sp³-hybridized carbons (Fsp3) is 0.912. The summed E-state index contributed by atoms with van der Waals surface area (Å²) in [5, 5.41) is 0. The second kappa shape index (κ2) is 52.8. The number of unbranched alkanes of at least 4 members (excludes halogenated alkanes) is 39. The number of carbonyl (C=O) groups excluding carboxylic acids is 3. The summed E-state index contributed by atoms with van der Waals surface area (Å²) >= 11 is 0. The predicted molar refractivity (Wildman–Crippen MR) is 270 cm³/mol. The highest BCUT2D eigenvalue weighted by Crippen LogP contribution is 2.17. The SMILES string of the molecule is CCCCCCCCCC/C=C\CCCCCCCCCCCCCCCCCCCCCCCC(=O)OCC(COC(=O)CCCCCCC)OC(=O)CCCCCCCCC. The molecule has 0 aliphatic heterocycles. The van der Waals surface area contributed by atoms with Crippen molar-refractivity contribution in [2.45, 2.75) is 322 Å². The van der Waals surface area contributed by atoms with Crippen LogP contribution in [0.4, 0.5) is 0 Å². The molecule has 0 aliphatic carbocycles. The Morgan fingerprint density at radius 3 is 0.794 bits per heavy atom. The highest BCUT2D eigenvalue weighted by molar-refractivity contribution is 5.71. The third-order valence-corrected chi connectivity index (χ3v) is 12.8. The van der Waals surface area contributed by atoms with Gasteiger partial charge in [0.15, 0.2) is 6.10 Å². The first-order valence-corrected chi connectivity index (χ1v) is 28.2. The molecule has 0 rings (SSSR count). The summed E-state index contributed by atoms with van der Waals surface area (Å²) in [4.78, 5) is 37.4. The largest absolute Gasteiger partial charge is 0.462 e. The maximum atomic E-state index is 12.6. The smallest absolute Gasteiger partial charge is 0.306 e. The first-order valence-electron chi connectivity index (χ1n) is 28.2. The van der Waals surface area contributed by atoms with Crippen molar-refractivity contribution in [3.05, 3.63) is 12.2 Å². The number of carbonyl (C=O) groups is 3. The van der Waals surface area contributed by atoms with E-state index in [9.17, 15) is 14.4 Å². The Morgan fingerprint density at radius 1 is 0.302 bits per heavy atom. The van der Waals surface area contributed by atoms with Crippen LogP contribution < -0.4 is 0 Å². The average Bonchev–Trinajstić information content (AvgIpc) is 3.28. The predicted octanol–water partition coefficient (Wildman–Crippen LogP) is 18.5. The molecule has 0 radical (unpaired) electrons. The minimum absolute atomic E-state index is 0.0658. The van der Waals surface area contributed by atoms with E-state index >= 15 is 0 Å². The summed E-state index contributed by atoms with van der Waals surface area (Å²) in [7, 11) is 0. The highest BCUT2D eigenvalue weighted by Gasteiger charge is 2.19. The van der Waals surface area contributed by atoms with Crippen LogP contribution in [-0.2, 0) is 28.6 Å². The molecule has 0 aromatic rings. The Labute approximate surface area is 392 Å². The van der Waals surface area contributed by atoms with Crippen LogP contribution >= 0.6 is 0 Å². The van der Waals surface area contributed by atoms with E-state index in [1.807, 2.05) is 0 Å². The zero-order valence-electron chi connectivity index (χ0n) is 42.6. The highest BCUT2D eigenvalue weighted by atomic mass is 16.6. The molecular weight excluding hydrogens is 781 g/mol. The summed E-state index contributed by atoms with van der Waals surface area (Å²) < 4.78 is 16.6. The molecule has 0 saturated carbocycles. The molecule has 0 aromatic carbocycles. The Kier molecular flexibility index (Phi) is 51.2. The third kappa shape index (κ3) is 51.0. The van der Waals surface area contributed by atoms with E-state index in [4.69, 9.17) is 14.2 Å². The second-order valence-electron chi connectivity index (χ2n) is 19.2. The van der Waals surface area contributed by atoms with Crippen molar-refractivity contribution in [2.24, 2.45) is 0 Å². The molecular formula is C57H108O6. The fourth-order valence-corrected chi connectivity index (χ4v) is 8.50. The molecule has 0 N–H and O–H groups in total. The molecule has 6 nitrogen and oxygen atoms in total. The molecule has 0 amide bonds. The lowest BCUT2D eigenvalue weighted by molar-refractivity contribution is -0.167. The van der Waals surface area contributed by atoms with E-state index in [0.29, 0.717) is 19.3 Å². The van der Waals surface area contributed by atoms with E-state index in [2.05, 4.69) is 32.9 Å².